The van der Waals surface area contributed by atoms with Crippen molar-refractivity contribution in [2.45, 2.75) is 65.7 Å². The molecule has 0 unspecified atom stereocenters. The second-order valence-electron chi connectivity index (χ2n) is 6.89. The maximum atomic E-state index is 12.3. The molecule has 0 aromatic carbocycles. The minimum Gasteiger partial charge on any atom is -0.464 e. The second kappa shape index (κ2) is 9.61. The number of ether oxygens (including phenoxy) is 2. The number of amides is 2. The highest BCUT2D eigenvalue weighted by atomic mass is 16.6. The molecule has 7 nitrogen and oxygen atoms in total. The highest BCUT2D eigenvalue weighted by molar-refractivity contribution is 5.95. The standard InChI is InChI=1S/C17H30N2O5/c1-6-23-17(22)14-13(24-14)16(21)19-12(9-11(4)5)15(20)18-8-7-10(2)3/h10-14H,6-9H2,1-5H3,(H,18,20)(H,19,21)/t12-,13-,14-/m1/s1. The Morgan fingerprint density at radius 2 is 1.75 bits per heavy atom. The molecule has 0 aromatic heterocycles. The molecule has 0 bridgehead atoms. The van der Waals surface area contributed by atoms with Crippen LogP contribution in [-0.2, 0) is 23.9 Å². The van der Waals surface area contributed by atoms with Gasteiger partial charge in [0.2, 0.25) is 5.91 Å². The van der Waals surface area contributed by atoms with Crippen molar-refractivity contribution in [2.24, 2.45) is 11.8 Å². The van der Waals surface area contributed by atoms with Gasteiger partial charge in [0.25, 0.3) is 5.91 Å². The molecule has 0 aromatic rings. The van der Waals surface area contributed by atoms with Crippen LogP contribution in [0.2, 0.25) is 0 Å². The molecule has 138 valence electrons. The molecule has 1 aliphatic rings. The van der Waals surface area contributed by atoms with E-state index in [0.29, 0.717) is 18.9 Å². The number of carbonyl (C=O) groups excluding carboxylic acids is 3. The molecule has 0 radical (unpaired) electrons. The van der Waals surface area contributed by atoms with Crippen LogP contribution in [0.3, 0.4) is 0 Å². The van der Waals surface area contributed by atoms with Crippen molar-refractivity contribution in [3.05, 3.63) is 0 Å². The Morgan fingerprint density at radius 1 is 1.08 bits per heavy atom. The van der Waals surface area contributed by atoms with Crippen LogP contribution >= 0.6 is 0 Å². The van der Waals surface area contributed by atoms with Crippen LogP contribution in [0.15, 0.2) is 0 Å². The van der Waals surface area contributed by atoms with Crippen LogP contribution in [0, 0.1) is 11.8 Å². The quantitative estimate of drug-likeness (QED) is 0.456. The summed E-state index contributed by atoms with van der Waals surface area (Å²) in [5, 5.41) is 5.54. The van der Waals surface area contributed by atoms with Gasteiger partial charge in [-0.3, -0.25) is 9.59 Å². The number of nitrogens with one attached hydrogen (secondary N) is 2. The number of rotatable bonds is 10. The maximum Gasteiger partial charge on any atom is 0.338 e. The van der Waals surface area contributed by atoms with E-state index < -0.39 is 30.1 Å². The first-order valence-corrected chi connectivity index (χ1v) is 8.66. The Balaban J connectivity index is 2.52. The molecule has 1 fully saturated rings. The number of epoxide rings is 1. The van der Waals surface area contributed by atoms with Gasteiger partial charge in [-0.2, -0.15) is 0 Å². The molecule has 1 saturated heterocycles. The monoisotopic (exact) mass is 342 g/mol. The van der Waals surface area contributed by atoms with Gasteiger partial charge in [0.15, 0.2) is 12.2 Å². The van der Waals surface area contributed by atoms with Gasteiger partial charge in [-0.15, -0.1) is 0 Å². The number of esters is 1. The second-order valence-corrected chi connectivity index (χ2v) is 6.89. The zero-order valence-electron chi connectivity index (χ0n) is 15.3. The summed E-state index contributed by atoms with van der Waals surface area (Å²) >= 11 is 0. The summed E-state index contributed by atoms with van der Waals surface area (Å²) in [6, 6.07) is -0.628. The van der Waals surface area contributed by atoms with E-state index in [1.54, 1.807) is 6.92 Å². The molecule has 3 atom stereocenters. The Morgan fingerprint density at radius 3 is 2.29 bits per heavy atom. The molecule has 1 heterocycles. The van der Waals surface area contributed by atoms with Crippen molar-refractivity contribution < 1.29 is 23.9 Å². The van der Waals surface area contributed by atoms with Gasteiger partial charge < -0.3 is 20.1 Å². The van der Waals surface area contributed by atoms with Gasteiger partial charge >= 0.3 is 5.97 Å². The van der Waals surface area contributed by atoms with E-state index in [1.807, 2.05) is 13.8 Å². The molecular weight excluding hydrogens is 312 g/mol. The number of carbonyl (C=O) groups is 3. The Kier molecular flexibility index (Phi) is 8.18. The average molecular weight is 342 g/mol. The molecule has 24 heavy (non-hydrogen) atoms. The Labute approximate surface area is 143 Å². The SMILES string of the molecule is CCOC(=O)[C@@H]1O[C@H]1C(=O)N[C@H](CC(C)C)C(=O)NCCC(C)C. The number of hydrogen-bond acceptors (Lipinski definition) is 5. The average Bonchev–Trinajstić information content (AvgIpc) is 3.26. The van der Waals surface area contributed by atoms with Crippen molar-refractivity contribution in [2.75, 3.05) is 13.2 Å². The van der Waals surface area contributed by atoms with E-state index in [2.05, 4.69) is 24.5 Å². The van der Waals surface area contributed by atoms with Crippen LogP contribution in [0.5, 0.6) is 0 Å². The van der Waals surface area contributed by atoms with Gasteiger partial charge in [-0.1, -0.05) is 27.7 Å². The lowest BCUT2D eigenvalue weighted by atomic mass is 10.0. The summed E-state index contributed by atoms with van der Waals surface area (Å²) in [6.07, 6.45) is -0.309. The first-order chi connectivity index (χ1) is 11.3. The van der Waals surface area contributed by atoms with Gasteiger partial charge in [-0.05, 0) is 31.6 Å². The van der Waals surface area contributed by atoms with Gasteiger partial charge in [0.1, 0.15) is 6.04 Å². The van der Waals surface area contributed by atoms with Gasteiger partial charge in [-0.25, -0.2) is 4.79 Å². The van der Waals surface area contributed by atoms with Crippen molar-refractivity contribution >= 4 is 17.8 Å². The predicted molar refractivity (Wildman–Crippen MR) is 89.1 cm³/mol. The molecule has 7 heteroatoms. The van der Waals surface area contributed by atoms with Crippen molar-refractivity contribution in [3.63, 3.8) is 0 Å². The molecule has 0 aliphatic carbocycles. The zero-order chi connectivity index (χ0) is 18.3. The molecule has 0 saturated carbocycles. The minimum atomic E-state index is -0.859. The third kappa shape index (κ3) is 6.86. The first-order valence-electron chi connectivity index (χ1n) is 8.66. The first kappa shape index (κ1) is 20.4. The van der Waals surface area contributed by atoms with Crippen LogP contribution in [0.1, 0.15) is 47.5 Å². The molecule has 2 N–H and O–H groups in total. The summed E-state index contributed by atoms with van der Waals surface area (Å²) in [5.41, 5.74) is 0. The fourth-order valence-electron chi connectivity index (χ4n) is 2.28. The molecule has 1 rings (SSSR count). The van der Waals surface area contributed by atoms with Crippen LogP contribution in [0.4, 0.5) is 0 Å². The van der Waals surface area contributed by atoms with E-state index in [4.69, 9.17) is 9.47 Å². The lowest BCUT2D eigenvalue weighted by Crippen LogP contribution is -2.49. The van der Waals surface area contributed by atoms with E-state index in [1.165, 1.54) is 0 Å². The summed E-state index contributed by atoms with van der Waals surface area (Å²) in [7, 11) is 0. The smallest absolute Gasteiger partial charge is 0.338 e. The fraction of sp³-hybridized carbons (Fsp3) is 0.824. The molecular formula is C17H30N2O5. The van der Waals surface area contributed by atoms with E-state index in [0.717, 1.165) is 6.42 Å². The molecule has 1 aliphatic heterocycles. The fourth-order valence-corrected chi connectivity index (χ4v) is 2.28. The van der Waals surface area contributed by atoms with Gasteiger partial charge in [0.05, 0.1) is 6.61 Å². The summed E-state index contributed by atoms with van der Waals surface area (Å²) < 4.78 is 9.89. The molecule has 0 spiro atoms. The lowest BCUT2D eigenvalue weighted by molar-refractivity contribution is -0.144. The highest BCUT2D eigenvalue weighted by Gasteiger charge is 2.52. The third-order valence-electron chi connectivity index (χ3n) is 3.63. The van der Waals surface area contributed by atoms with Crippen LogP contribution in [0.25, 0.3) is 0 Å². The lowest BCUT2D eigenvalue weighted by Gasteiger charge is -2.20. The number of hydrogen-bond donors (Lipinski definition) is 2. The van der Waals surface area contributed by atoms with Crippen molar-refractivity contribution in [3.8, 4) is 0 Å². The van der Waals surface area contributed by atoms with E-state index >= 15 is 0 Å². The third-order valence-corrected chi connectivity index (χ3v) is 3.63. The van der Waals surface area contributed by atoms with Crippen LogP contribution in [-0.4, -0.2) is 49.2 Å². The minimum absolute atomic E-state index is 0.203. The summed E-state index contributed by atoms with van der Waals surface area (Å²) in [6.45, 7) is 10.6. The summed E-state index contributed by atoms with van der Waals surface area (Å²) in [5.74, 6) is -0.455. The van der Waals surface area contributed by atoms with Crippen molar-refractivity contribution in [1.82, 2.24) is 10.6 Å². The summed E-state index contributed by atoms with van der Waals surface area (Å²) in [4.78, 5) is 36.0. The van der Waals surface area contributed by atoms with Crippen LogP contribution < -0.4 is 10.6 Å². The Hall–Kier alpha value is -1.63. The largest absolute Gasteiger partial charge is 0.464 e. The predicted octanol–water partition coefficient (Wildman–Crippen LogP) is 1.01. The maximum absolute atomic E-state index is 12.3. The van der Waals surface area contributed by atoms with Gasteiger partial charge in [0, 0.05) is 6.54 Å². The van der Waals surface area contributed by atoms with Crippen molar-refractivity contribution in [1.29, 1.82) is 0 Å². The Bertz CT molecular complexity index is 450. The highest BCUT2D eigenvalue weighted by Crippen LogP contribution is 2.24. The normalized spacial score (nSPS) is 20.6. The van der Waals surface area contributed by atoms with E-state index in [-0.39, 0.29) is 18.4 Å². The molecule has 2 amide bonds. The topological polar surface area (TPSA) is 97.0 Å². The van der Waals surface area contributed by atoms with E-state index in [9.17, 15) is 14.4 Å². The zero-order valence-corrected chi connectivity index (χ0v) is 15.3.